The Labute approximate surface area is 481 Å². The van der Waals surface area contributed by atoms with E-state index in [2.05, 4.69) is 56.8 Å². The van der Waals surface area contributed by atoms with E-state index < -0.39 is 23.9 Å². The van der Waals surface area contributed by atoms with Gasteiger partial charge in [0, 0.05) is 62.0 Å². The predicted octanol–water partition coefficient (Wildman–Crippen LogP) is 1.55. The van der Waals surface area contributed by atoms with Crippen LogP contribution in [0.3, 0.4) is 0 Å². The summed E-state index contributed by atoms with van der Waals surface area (Å²) in [7, 11) is 1.82. The number of benzene rings is 3. The van der Waals surface area contributed by atoms with Gasteiger partial charge in [0.2, 0.25) is 11.9 Å². The maximum Gasteiger partial charge on any atom is 0.333 e. The lowest BCUT2D eigenvalue weighted by Crippen LogP contribution is -2.49. The van der Waals surface area contributed by atoms with E-state index in [0.29, 0.717) is 135 Å². The van der Waals surface area contributed by atoms with Crippen LogP contribution in [0.15, 0.2) is 72.9 Å². The number of aromatic nitrogens is 6. The van der Waals surface area contributed by atoms with E-state index in [1.54, 1.807) is 77.9 Å². The molecule has 29 nitrogen and oxygen atoms in total. The summed E-state index contributed by atoms with van der Waals surface area (Å²) in [4.78, 5) is 94.8. The molecule has 6 aromatic rings. The minimum atomic E-state index is -1.29. The van der Waals surface area contributed by atoms with Crippen LogP contribution in [0.2, 0.25) is 0 Å². The highest BCUT2D eigenvalue weighted by molar-refractivity contribution is 6.27. The lowest BCUT2D eigenvalue weighted by atomic mass is 10.0. The van der Waals surface area contributed by atoms with Crippen LogP contribution in [-0.4, -0.2) is 201 Å². The van der Waals surface area contributed by atoms with Gasteiger partial charge in [-0.25, -0.2) is 24.6 Å². The van der Waals surface area contributed by atoms with Gasteiger partial charge in [0.15, 0.2) is 29.4 Å². The third kappa shape index (κ3) is 17.5. The molecule has 0 radical (unpaired) electrons. The van der Waals surface area contributed by atoms with E-state index in [0.717, 1.165) is 5.69 Å². The standard InChI is InChI=1S/C55H67N15O14/c1-69(32-36-31-60-51-48(61-36)50(56)64-54(57)65-51)37-9-5-35(6-10-37)52(74)62-41(53(75)76)13-14-42(71)58-15-19-78-23-25-81-27-29-83-30-28-82-26-24-79-20-16-59-43(72)33-84-38-11-7-34(8-12-38)46-45-47(67-66-46)39-3-2-4-40(44(39)49(45)73)63-55(77)68-70-17-21-80-22-18-70/h2-12,31,41H,13-30,32-33H2,1H3,(H,58,71)(H,59,72)(H,62,74)(H,66,67)(H,75,76)(H2,63,68,77)(H4,56,57,60,64,65). The van der Waals surface area contributed by atoms with Gasteiger partial charge in [-0.05, 0) is 61.0 Å². The van der Waals surface area contributed by atoms with Crippen molar-refractivity contribution in [3.8, 4) is 28.3 Å². The van der Waals surface area contributed by atoms with Crippen LogP contribution in [0.1, 0.15) is 44.8 Å². The quantitative estimate of drug-likeness (QED) is 0.0264. The summed E-state index contributed by atoms with van der Waals surface area (Å²) in [5.41, 5.74) is 20.0. The topological polar surface area (TPSA) is 386 Å². The van der Waals surface area contributed by atoms with Crippen LogP contribution in [-0.2, 0) is 49.3 Å². The molecule has 3 aromatic carbocycles. The minimum absolute atomic E-state index is 0.00103. The number of anilines is 4. The van der Waals surface area contributed by atoms with Gasteiger partial charge >= 0.3 is 12.0 Å². The first-order chi connectivity index (χ1) is 40.8. The Morgan fingerprint density at radius 1 is 0.786 bits per heavy atom. The van der Waals surface area contributed by atoms with E-state index in [9.17, 15) is 33.9 Å². The highest BCUT2D eigenvalue weighted by Gasteiger charge is 2.35. The van der Waals surface area contributed by atoms with Crippen molar-refractivity contribution in [3.63, 3.8) is 0 Å². The number of carbonyl (C=O) groups excluding carboxylic acids is 5. The van der Waals surface area contributed by atoms with E-state index in [1.165, 1.54) is 0 Å². The number of nitrogen functional groups attached to an aromatic ring is 2. The smallest absolute Gasteiger partial charge is 0.333 e. The second-order valence-electron chi connectivity index (χ2n) is 18.9. The summed E-state index contributed by atoms with van der Waals surface area (Å²) < 4.78 is 38.6. The van der Waals surface area contributed by atoms with Crippen LogP contribution in [0.5, 0.6) is 5.75 Å². The molecule has 0 saturated carbocycles. The third-order valence-corrected chi connectivity index (χ3v) is 12.9. The van der Waals surface area contributed by atoms with Crippen molar-refractivity contribution in [1.29, 1.82) is 0 Å². The number of nitrogens with two attached hydrogens (primary N) is 2. The second kappa shape index (κ2) is 30.9. The van der Waals surface area contributed by atoms with Gasteiger partial charge in [0.1, 0.15) is 17.5 Å². The average Bonchev–Trinajstić information content (AvgIpc) is 2.03. The number of nitrogens with zero attached hydrogens (tertiary/aromatic N) is 7. The van der Waals surface area contributed by atoms with E-state index in [1.807, 2.05) is 11.9 Å². The number of ketones is 1. The number of morpholine rings is 1. The Morgan fingerprint density at radius 3 is 2.08 bits per heavy atom. The Bertz CT molecular complexity index is 3220. The molecule has 1 aliphatic heterocycles. The van der Waals surface area contributed by atoms with Gasteiger partial charge in [-0.1, -0.05) is 12.1 Å². The Morgan fingerprint density at radius 2 is 1.43 bits per heavy atom. The van der Waals surface area contributed by atoms with E-state index in [-0.39, 0.29) is 92.9 Å². The SMILES string of the molecule is CN(Cc1cnc2nc(N)nc(N)c2n1)c1ccc(C(=O)NC(CCC(=O)NCCOCCOCCOCCOCCOCCNC(=O)COc2ccc(-c3n[nH]c4c3C(=O)c3c(NC(=O)NN5CCOCC5)cccc3-4)cc2)C(=O)O)cc1. The predicted molar refractivity (Wildman–Crippen MR) is 304 cm³/mol. The fraction of sp³-hybridized carbons (Fsp3) is 0.400. The molecule has 3 aromatic heterocycles. The van der Waals surface area contributed by atoms with Crippen LogP contribution in [0.4, 0.5) is 27.9 Å². The number of hydrogen-bond donors (Lipinski definition) is 9. The van der Waals surface area contributed by atoms with Gasteiger partial charge in [0.05, 0.1) is 120 Å². The Hall–Kier alpha value is -8.97. The normalized spacial score (nSPS) is 13.2. The number of hydrazine groups is 1. The second-order valence-corrected chi connectivity index (χ2v) is 18.9. The van der Waals surface area contributed by atoms with Gasteiger partial charge in [-0.15, -0.1) is 0 Å². The molecule has 11 N–H and O–H groups in total. The summed E-state index contributed by atoms with van der Waals surface area (Å²) in [5, 5.41) is 29.6. The lowest BCUT2D eigenvalue weighted by Gasteiger charge is -2.27. The number of H-pyrrole nitrogens is 1. The number of rotatable bonds is 33. The molecule has 0 spiro atoms. The first-order valence-electron chi connectivity index (χ1n) is 27.0. The minimum Gasteiger partial charge on any atom is -0.484 e. The molecule has 4 heterocycles. The summed E-state index contributed by atoms with van der Waals surface area (Å²) >= 11 is 0. The molecule has 2 aliphatic rings. The van der Waals surface area contributed by atoms with Gasteiger partial charge in [-0.2, -0.15) is 15.1 Å². The van der Waals surface area contributed by atoms with Gasteiger partial charge < -0.3 is 75.9 Å². The summed E-state index contributed by atoms with van der Waals surface area (Å²) in [5.74, 6) is -2.27. The van der Waals surface area contributed by atoms with Gasteiger partial charge in [0.25, 0.3) is 11.8 Å². The zero-order valence-electron chi connectivity index (χ0n) is 46.2. The molecule has 1 unspecified atom stereocenters. The molecular weight excluding hydrogens is 1090 g/mol. The number of nitrogens with one attached hydrogen (secondary N) is 6. The van der Waals surface area contributed by atoms with Crippen molar-refractivity contribution in [3.05, 3.63) is 95.3 Å². The van der Waals surface area contributed by atoms with Crippen molar-refractivity contribution in [1.82, 2.24) is 56.5 Å². The number of amides is 5. The number of aromatic amines is 1. The number of carboxylic acid groups (broad SMARTS) is 1. The molecule has 1 aliphatic carbocycles. The average molecular weight is 1160 g/mol. The number of hydrogen-bond acceptors (Lipinski definition) is 22. The maximum atomic E-state index is 13.8. The number of carboxylic acids is 1. The fourth-order valence-electron chi connectivity index (χ4n) is 8.71. The number of carbonyl (C=O) groups is 6. The van der Waals surface area contributed by atoms with Crippen molar-refractivity contribution >= 4 is 69.8 Å². The lowest BCUT2D eigenvalue weighted by molar-refractivity contribution is -0.139. The summed E-state index contributed by atoms with van der Waals surface area (Å²) in [6.07, 6.45) is 1.31. The van der Waals surface area contributed by atoms with Crippen LogP contribution in [0, 0.1) is 0 Å². The third-order valence-electron chi connectivity index (χ3n) is 12.9. The largest absolute Gasteiger partial charge is 0.484 e. The van der Waals surface area contributed by atoms with Crippen molar-refractivity contribution in [2.45, 2.75) is 25.4 Å². The Kier molecular flexibility index (Phi) is 22.5. The molecule has 29 heteroatoms. The zero-order valence-corrected chi connectivity index (χ0v) is 46.2. The van der Waals surface area contributed by atoms with Crippen LogP contribution >= 0.6 is 0 Å². The van der Waals surface area contributed by atoms with Crippen molar-refractivity contribution < 1.29 is 67.0 Å². The fourth-order valence-corrected chi connectivity index (χ4v) is 8.71. The van der Waals surface area contributed by atoms with Crippen LogP contribution in [0.25, 0.3) is 33.7 Å². The van der Waals surface area contributed by atoms with Crippen molar-refractivity contribution in [2.75, 3.05) is 141 Å². The highest BCUT2D eigenvalue weighted by atomic mass is 16.6. The number of fused-ring (bicyclic) bond motifs is 4. The van der Waals surface area contributed by atoms with Crippen LogP contribution < -0.4 is 47.8 Å². The summed E-state index contributed by atoms with van der Waals surface area (Å²) in [6, 6.07) is 17.0. The molecule has 5 amide bonds. The van der Waals surface area contributed by atoms with E-state index >= 15 is 0 Å². The molecule has 84 heavy (non-hydrogen) atoms. The monoisotopic (exact) mass is 1160 g/mol. The van der Waals surface area contributed by atoms with Crippen molar-refractivity contribution in [2.24, 2.45) is 0 Å². The summed E-state index contributed by atoms with van der Waals surface area (Å²) in [6.45, 7) is 5.94. The first kappa shape index (κ1) is 61.1. The molecule has 8 rings (SSSR count). The Balaban J connectivity index is 0.584. The highest BCUT2D eigenvalue weighted by Crippen LogP contribution is 2.43. The molecule has 1 atom stereocenters. The molecule has 1 saturated heterocycles. The first-order valence-corrected chi connectivity index (χ1v) is 27.0. The molecular formula is C55H67N15O14. The zero-order chi connectivity index (χ0) is 59.2. The molecule has 0 bridgehead atoms. The van der Waals surface area contributed by atoms with Gasteiger partial charge in [-0.3, -0.25) is 29.7 Å². The molecule has 446 valence electrons. The number of urea groups is 1. The number of aliphatic carboxylic acids is 1. The maximum absolute atomic E-state index is 13.8. The molecule has 1 fully saturated rings. The number of ether oxygens (including phenoxy) is 7. The van der Waals surface area contributed by atoms with E-state index in [4.69, 9.17) is 44.6 Å².